The molecule has 0 spiro atoms. The minimum Gasteiger partial charge on any atom is -0.330 e. The molecule has 1 unspecified atom stereocenters. The van der Waals surface area contributed by atoms with Crippen LogP contribution in [-0.2, 0) is 0 Å². The summed E-state index contributed by atoms with van der Waals surface area (Å²) in [5.41, 5.74) is 5.40. The Bertz CT molecular complexity index is 137. The molecule has 90 valence electrons. The highest BCUT2D eigenvalue weighted by Crippen LogP contribution is 2.00. The summed E-state index contributed by atoms with van der Waals surface area (Å²) in [5, 5.41) is 10.2. The molecule has 0 aromatic carbocycles. The minimum absolute atomic E-state index is 0.795. The molecule has 1 aliphatic heterocycles. The summed E-state index contributed by atoms with van der Waals surface area (Å²) in [7, 11) is 0. The van der Waals surface area contributed by atoms with Gasteiger partial charge in [-0.3, -0.25) is 0 Å². The number of unbranched alkanes of at least 4 members (excludes halogenated alkanes) is 1. The molecule has 1 heterocycles. The second kappa shape index (κ2) is 9.09. The van der Waals surface area contributed by atoms with Crippen LogP contribution in [0.3, 0.4) is 0 Å². The van der Waals surface area contributed by atoms with Gasteiger partial charge in [0.15, 0.2) is 0 Å². The van der Waals surface area contributed by atoms with Crippen molar-refractivity contribution >= 4 is 0 Å². The molecule has 4 heteroatoms. The van der Waals surface area contributed by atoms with Crippen LogP contribution in [-0.4, -0.2) is 45.3 Å². The maximum Gasteiger partial charge on any atom is 0.0205 e. The first kappa shape index (κ1) is 12.9. The van der Waals surface area contributed by atoms with E-state index in [0.717, 1.165) is 45.2 Å². The molecule has 5 N–H and O–H groups in total. The Labute approximate surface area is 93.4 Å². The van der Waals surface area contributed by atoms with Crippen LogP contribution < -0.4 is 21.7 Å². The van der Waals surface area contributed by atoms with E-state index >= 15 is 0 Å². The lowest BCUT2D eigenvalue weighted by Gasteiger charge is -2.05. The van der Waals surface area contributed by atoms with E-state index in [9.17, 15) is 0 Å². The fourth-order valence-electron chi connectivity index (χ4n) is 1.54. The largest absolute Gasteiger partial charge is 0.330 e. The lowest BCUT2D eigenvalue weighted by Crippen LogP contribution is -2.22. The molecule has 1 saturated heterocycles. The first-order chi connectivity index (χ1) is 7.43. The highest BCUT2D eigenvalue weighted by molar-refractivity contribution is 4.83. The van der Waals surface area contributed by atoms with Gasteiger partial charge in [-0.1, -0.05) is 0 Å². The highest BCUT2D eigenvalue weighted by Gasteiger charge is 2.18. The van der Waals surface area contributed by atoms with Gasteiger partial charge in [0.25, 0.3) is 0 Å². The average molecular weight is 214 g/mol. The monoisotopic (exact) mass is 214 g/mol. The molecular weight excluding hydrogens is 188 g/mol. The van der Waals surface area contributed by atoms with Gasteiger partial charge in [-0.2, -0.15) is 0 Å². The van der Waals surface area contributed by atoms with Crippen LogP contribution in [0.25, 0.3) is 0 Å². The predicted molar refractivity (Wildman–Crippen MR) is 65.1 cm³/mol. The quantitative estimate of drug-likeness (QED) is 0.280. The standard InChI is InChI=1S/C11H26N4/c12-5-3-8-13-6-1-2-7-14-9-4-11-10-15-11/h11,13-15H,1-10,12H2. The van der Waals surface area contributed by atoms with Crippen molar-refractivity contribution in [3.05, 3.63) is 0 Å². The summed E-state index contributed by atoms with van der Waals surface area (Å²) in [6.45, 7) is 6.54. The zero-order valence-electron chi connectivity index (χ0n) is 9.73. The molecule has 0 aliphatic carbocycles. The maximum absolute atomic E-state index is 5.40. The molecule has 1 fully saturated rings. The van der Waals surface area contributed by atoms with E-state index in [-0.39, 0.29) is 0 Å². The fraction of sp³-hybridized carbons (Fsp3) is 1.00. The Morgan fingerprint density at radius 1 is 1.00 bits per heavy atom. The van der Waals surface area contributed by atoms with E-state index in [1.54, 1.807) is 0 Å². The van der Waals surface area contributed by atoms with Crippen LogP contribution in [0, 0.1) is 0 Å². The smallest absolute Gasteiger partial charge is 0.0205 e. The predicted octanol–water partition coefficient (Wildman–Crippen LogP) is -0.343. The number of rotatable bonds is 11. The number of nitrogens with one attached hydrogen (secondary N) is 3. The second-order valence-corrected chi connectivity index (χ2v) is 4.24. The van der Waals surface area contributed by atoms with Crippen molar-refractivity contribution in [3.8, 4) is 0 Å². The van der Waals surface area contributed by atoms with Gasteiger partial charge in [0, 0.05) is 12.6 Å². The second-order valence-electron chi connectivity index (χ2n) is 4.24. The summed E-state index contributed by atoms with van der Waals surface area (Å²) >= 11 is 0. The average Bonchev–Trinajstić information content (AvgIpc) is 3.05. The van der Waals surface area contributed by atoms with Crippen LogP contribution in [0.4, 0.5) is 0 Å². The van der Waals surface area contributed by atoms with Crippen molar-refractivity contribution in [2.75, 3.05) is 39.3 Å². The molecule has 15 heavy (non-hydrogen) atoms. The zero-order chi connectivity index (χ0) is 10.8. The molecule has 0 saturated carbocycles. The van der Waals surface area contributed by atoms with Gasteiger partial charge in [-0.05, 0) is 58.4 Å². The van der Waals surface area contributed by atoms with E-state index in [2.05, 4.69) is 16.0 Å². The van der Waals surface area contributed by atoms with Crippen molar-refractivity contribution in [3.63, 3.8) is 0 Å². The number of hydrogen-bond acceptors (Lipinski definition) is 4. The molecule has 0 aromatic heterocycles. The molecule has 1 atom stereocenters. The highest BCUT2D eigenvalue weighted by atomic mass is 15.1. The Hall–Kier alpha value is -0.160. The van der Waals surface area contributed by atoms with E-state index in [4.69, 9.17) is 5.73 Å². The first-order valence-electron chi connectivity index (χ1n) is 6.28. The number of nitrogens with two attached hydrogens (primary N) is 1. The van der Waals surface area contributed by atoms with E-state index in [1.165, 1.54) is 25.8 Å². The Balaban J connectivity index is 1.62. The Morgan fingerprint density at radius 2 is 1.60 bits per heavy atom. The number of hydrogen-bond donors (Lipinski definition) is 4. The Kier molecular flexibility index (Phi) is 7.83. The van der Waals surface area contributed by atoms with Gasteiger partial charge < -0.3 is 21.7 Å². The van der Waals surface area contributed by atoms with Crippen molar-refractivity contribution < 1.29 is 0 Å². The van der Waals surface area contributed by atoms with Crippen LogP contribution in [0.5, 0.6) is 0 Å². The molecule has 4 nitrogen and oxygen atoms in total. The minimum atomic E-state index is 0.795. The topological polar surface area (TPSA) is 72.0 Å². The fourth-order valence-corrected chi connectivity index (χ4v) is 1.54. The third kappa shape index (κ3) is 8.81. The summed E-state index contributed by atoms with van der Waals surface area (Å²) in [6, 6.07) is 0.815. The molecule has 1 aliphatic rings. The summed E-state index contributed by atoms with van der Waals surface area (Å²) in [4.78, 5) is 0. The van der Waals surface area contributed by atoms with Gasteiger partial charge >= 0.3 is 0 Å². The van der Waals surface area contributed by atoms with Gasteiger partial charge in [0.05, 0.1) is 0 Å². The lowest BCUT2D eigenvalue weighted by molar-refractivity contribution is 0.567. The van der Waals surface area contributed by atoms with Crippen molar-refractivity contribution in [1.29, 1.82) is 0 Å². The molecule has 0 bridgehead atoms. The molecule has 1 rings (SSSR count). The summed E-state index contributed by atoms with van der Waals surface area (Å²) < 4.78 is 0. The van der Waals surface area contributed by atoms with Crippen molar-refractivity contribution in [2.24, 2.45) is 5.73 Å². The normalized spacial score (nSPS) is 19.4. The van der Waals surface area contributed by atoms with Crippen LogP contribution in [0.15, 0.2) is 0 Å². The third-order valence-corrected chi connectivity index (χ3v) is 2.68. The van der Waals surface area contributed by atoms with Gasteiger partial charge in [-0.15, -0.1) is 0 Å². The Morgan fingerprint density at radius 3 is 2.20 bits per heavy atom. The maximum atomic E-state index is 5.40. The van der Waals surface area contributed by atoms with Crippen LogP contribution >= 0.6 is 0 Å². The van der Waals surface area contributed by atoms with Gasteiger partial charge in [-0.25, -0.2) is 0 Å². The van der Waals surface area contributed by atoms with Crippen molar-refractivity contribution in [1.82, 2.24) is 16.0 Å². The third-order valence-electron chi connectivity index (χ3n) is 2.68. The summed E-state index contributed by atoms with van der Waals surface area (Å²) in [6.07, 6.45) is 4.91. The lowest BCUT2D eigenvalue weighted by atomic mass is 10.3. The van der Waals surface area contributed by atoms with E-state index in [0.29, 0.717) is 0 Å². The van der Waals surface area contributed by atoms with Gasteiger partial charge in [0.2, 0.25) is 0 Å². The molecule has 0 radical (unpaired) electrons. The first-order valence-corrected chi connectivity index (χ1v) is 6.28. The van der Waals surface area contributed by atoms with E-state index < -0.39 is 0 Å². The molecular formula is C11H26N4. The van der Waals surface area contributed by atoms with Gasteiger partial charge in [0.1, 0.15) is 0 Å². The van der Waals surface area contributed by atoms with E-state index in [1.807, 2.05) is 0 Å². The molecule has 0 amide bonds. The van der Waals surface area contributed by atoms with Crippen LogP contribution in [0.1, 0.15) is 25.7 Å². The zero-order valence-corrected chi connectivity index (χ0v) is 9.73. The van der Waals surface area contributed by atoms with Crippen LogP contribution in [0.2, 0.25) is 0 Å². The SMILES string of the molecule is NCCCNCCCCNCCC1CN1. The van der Waals surface area contributed by atoms with Crippen molar-refractivity contribution in [2.45, 2.75) is 31.7 Å². The molecule has 0 aromatic rings. The summed E-state index contributed by atoms with van der Waals surface area (Å²) in [5.74, 6) is 0.